The number of halogens is 1. The molecule has 3 rings (SSSR count). The molecular formula is C18H22BrN3O. The van der Waals surface area contributed by atoms with Crippen molar-refractivity contribution in [1.29, 1.82) is 0 Å². The third kappa shape index (κ3) is 3.29. The van der Waals surface area contributed by atoms with E-state index >= 15 is 0 Å². The molecule has 23 heavy (non-hydrogen) atoms. The van der Waals surface area contributed by atoms with Crippen molar-refractivity contribution in [3.63, 3.8) is 0 Å². The van der Waals surface area contributed by atoms with Crippen LogP contribution in [0.4, 0.5) is 10.5 Å². The first-order chi connectivity index (χ1) is 11.1. The van der Waals surface area contributed by atoms with Crippen LogP contribution < -0.4 is 5.32 Å². The van der Waals surface area contributed by atoms with Crippen molar-refractivity contribution in [2.24, 2.45) is 0 Å². The lowest BCUT2D eigenvalue weighted by Crippen LogP contribution is -2.44. The summed E-state index contributed by atoms with van der Waals surface area (Å²) in [7, 11) is 0. The maximum Gasteiger partial charge on any atom is 0.322 e. The van der Waals surface area contributed by atoms with E-state index in [-0.39, 0.29) is 12.1 Å². The van der Waals surface area contributed by atoms with Crippen LogP contribution in [0.3, 0.4) is 0 Å². The normalized spacial score (nSPS) is 17.0. The third-order valence-corrected chi connectivity index (χ3v) is 5.29. The van der Waals surface area contributed by atoms with Crippen LogP contribution in [-0.2, 0) is 6.54 Å². The molecule has 1 atom stereocenters. The molecule has 2 amide bonds. The van der Waals surface area contributed by atoms with Crippen molar-refractivity contribution in [3.8, 4) is 0 Å². The van der Waals surface area contributed by atoms with Crippen molar-refractivity contribution >= 4 is 27.6 Å². The number of aromatic nitrogens is 1. The number of carbonyl (C=O) groups is 1. The predicted molar refractivity (Wildman–Crippen MR) is 96.7 cm³/mol. The van der Waals surface area contributed by atoms with Crippen LogP contribution in [0.25, 0.3) is 0 Å². The monoisotopic (exact) mass is 375 g/mol. The standard InChI is InChI=1S/C18H22BrN3O/c1-3-5-17-16-6-4-9-21(16)10-11-22(17)18(23)20-14-7-8-15(19)13(2)12-14/h4,6-9,12,17H,3,5,10-11H2,1-2H3,(H,20,23). The number of hydrogen-bond donors (Lipinski definition) is 1. The molecule has 0 saturated heterocycles. The highest BCUT2D eigenvalue weighted by molar-refractivity contribution is 9.10. The minimum Gasteiger partial charge on any atom is -0.348 e. The molecule has 1 unspecified atom stereocenters. The SMILES string of the molecule is CCCC1c2cccn2CCN1C(=O)Nc1ccc(Br)c(C)c1. The highest BCUT2D eigenvalue weighted by Gasteiger charge is 2.30. The van der Waals surface area contributed by atoms with Crippen LogP contribution in [0.5, 0.6) is 0 Å². The summed E-state index contributed by atoms with van der Waals surface area (Å²) in [5, 5.41) is 3.05. The number of carbonyl (C=O) groups excluding carboxylic acids is 1. The van der Waals surface area contributed by atoms with Gasteiger partial charge in [0.1, 0.15) is 0 Å². The summed E-state index contributed by atoms with van der Waals surface area (Å²) in [5.74, 6) is 0. The number of aryl methyl sites for hydroxylation is 1. The Morgan fingerprint density at radius 3 is 2.91 bits per heavy atom. The summed E-state index contributed by atoms with van der Waals surface area (Å²) < 4.78 is 3.31. The smallest absolute Gasteiger partial charge is 0.322 e. The van der Waals surface area contributed by atoms with Crippen molar-refractivity contribution in [2.45, 2.75) is 39.3 Å². The maximum atomic E-state index is 12.8. The third-order valence-electron chi connectivity index (χ3n) is 4.40. The molecule has 1 aliphatic rings. The highest BCUT2D eigenvalue weighted by Crippen LogP contribution is 2.30. The lowest BCUT2D eigenvalue weighted by molar-refractivity contribution is 0.163. The van der Waals surface area contributed by atoms with Gasteiger partial charge in [-0.15, -0.1) is 0 Å². The van der Waals surface area contributed by atoms with E-state index in [4.69, 9.17) is 0 Å². The van der Waals surface area contributed by atoms with Gasteiger partial charge in [-0.05, 0) is 49.2 Å². The molecule has 0 aliphatic carbocycles. The number of nitrogens with one attached hydrogen (secondary N) is 1. The van der Waals surface area contributed by atoms with Gasteiger partial charge in [-0.2, -0.15) is 0 Å². The first kappa shape index (κ1) is 16.1. The molecule has 0 spiro atoms. The van der Waals surface area contributed by atoms with Crippen LogP contribution in [0, 0.1) is 6.92 Å². The topological polar surface area (TPSA) is 37.3 Å². The van der Waals surface area contributed by atoms with Crippen molar-refractivity contribution in [3.05, 3.63) is 52.3 Å². The Kier molecular flexibility index (Phi) is 4.76. The molecule has 2 aromatic rings. The van der Waals surface area contributed by atoms with Crippen molar-refractivity contribution < 1.29 is 4.79 Å². The Hall–Kier alpha value is -1.75. The fourth-order valence-corrected chi connectivity index (χ4v) is 3.45. The minimum atomic E-state index is -0.0161. The van der Waals surface area contributed by atoms with Gasteiger partial charge in [0.05, 0.1) is 6.04 Å². The zero-order valence-corrected chi connectivity index (χ0v) is 15.1. The quantitative estimate of drug-likeness (QED) is 0.809. The minimum absolute atomic E-state index is 0.0161. The summed E-state index contributed by atoms with van der Waals surface area (Å²) in [6.45, 7) is 5.78. The van der Waals surface area contributed by atoms with Crippen LogP contribution in [0.2, 0.25) is 0 Å². The molecule has 0 saturated carbocycles. The molecule has 1 N–H and O–H groups in total. The summed E-state index contributed by atoms with van der Waals surface area (Å²) in [5.41, 5.74) is 3.19. The van der Waals surface area contributed by atoms with E-state index in [9.17, 15) is 4.79 Å². The van der Waals surface area contributed by atoms with E-state index in [0.29, 0.717) is 0 Å². The molecule has 0 fully saturated rings. The van der Waals surface area contributed by atoms with Gasteiger partial charge in [-0.1, -0.05) is 29.3 Å². The molecule has 1 aliphatic heterocycles. The fraction of sp³-hybridized carbons (Fsp3) is 0.389. The summed E-state index contributed by atoms with van der Waals surface area (Å²) in [4.78, 5) is 14.7. The molecule has 122 valence electrons. The number of hydrogen-bond acceptors (Lipinski definition) is 1. The van der Waals surface area contributed by atoms with E-state index in [0.717, 1.165) is 41.7 Å². The van der Waals surface area contributed by atoms with Gasteiger partial charge in [0.25, 0.3) is 0 Å². The number of fused-ring (bicyclic) bond motifs is 1. The van der Waals surface area contributed by atoms with Gasteiger partial charge in [-0.3, -0.25) is 0 Å². The average Bonchev–Trinajstić information content (AvgIpc) is 3.00. The van der Waals surface area contributed by atoms with E-state index in [2.05, 4.69) is 51.1 Å². The second kappa shape index (κ2) is 6.79. The van der Waals surface area contributed by atoms with Crippen molar-refractivity contribution in [2.75, 3.05) is 11.9 Å². The molecule has 5 heteroatoms. The number of rotatable bonds is 3. The summed E-state index contributed by atoms with van der Waals surface area (Å²) in [6.07, 6.45) is 4.14. The van der Waals surface area contributed by atoms with Crippen LogP contribution >= 0.6 is 15.9 Å². The van der Waals surface area contributed by atoms with Gasteiger partial charge in [0.2, 0.25) is 0 Å². The van der Waals surface area contributed by atoms with Gasteiger partial charge in [0, 0.05) is 35.1 Å². The molecule has 0 bridgehead atoms. The van der Waals surface area contributed by atoms with E-state index in [1.807, 2.05) is 30.0 Å². The Balaban J connectivity index is 1.79. The molecule has 0 radical (unpaired) electrons. The Bertz CT molecular complexity index is 710. The maximum absolute atomic E-state index is 12.8. The number of amides is 2. The molecule has 2 heterocycles. The Morgan fingerprint density at radius 2 is 2.17 bits per heavy atom. The number of benzene rings is 1. The molecule has 4 nitrogen and oxygen atoms in total. The highest BCUT2D eigenvalue weighted by atomic mass is 79.9. The Labute approximate surface area is 145 Å². The molecular weight excluding hydrogens is 354 g/mol. The average molecular weight is 376 g/mol. The predicted octanol–water partition coefficient (Wildman–Crippen LogP) is 4.95. The second-order valence-corrected chi connectivity index (χ2v) is 6.87. The molecule has 1 aromatic heterocycles. The van der Waals surface area contributed by atoms with Crippen LogP contribution in [0.1, 0.15) is 37.1 Å². The second-order valence-electron chi connectivity index (χ2n) is 6.02. The largest absolute Gasteiger partial charge is 0.348 e. The number of urea groups is 1. The van der Waals surface area contributed by atoms with E-state index in [1.165, 1.54) is 5.69 Å². The van der Waals surface area contributed by atoms with Gasteiger partial charge >= 0.3 is 6.03 Å². The molecule has 1 aromatic carbocycles. The first-order valence-corrected chi connectivity index (χ1v) is 8.88. The van der Waals surface area contributed by atoms with E-state index in [1.54, 1.807) is 0 Å². The van der Waals surface area contributed by atoms with E-state index < -0.39 is 0 Å². The lowest BCUT2D eigenvalue weighted by atomic mass is 10.0. The van der Waals surface area contributed by atoms with Crippen LogP contribution in [-0.4, -0.2) is 22.0 Å². The zero-order chi connectivity index (χ0) is 16.4. The fourth-order valence-electron chi connectivity index (χ4n) is 3.20. The number of nitrogens with zero attached hydrogens (tertiary/aromatic N) is 2. The Morgan fingerprint density at radius 1 is 1.35 bits per heavy atom. The van der Waals surface area contributed by atoms with Crippen LogP contribution in [0.15, 0.2) is 41.0 Å². The van der Waals surface area contributed by atoms with Gasteiger partial charge < -0.3 is 14.8 Å². The zero-order valence-electron chi connectivity index (χ0n) is 13.6. The first-order valence-electron chi connectivity index (χ1n) is 8.09. The summed E-state index contributed by atoms with van der Waals surface area (Å²) >= 11 is 3.49. The number of anilines is 1. The van der Waals surface area contributed by atoms with Crippen molar-refractivity contribution in [1.82, 2.24) is 9.47 Å². The van der Waals surface area contributed by atoms with Gasteiger partial charge in [0.15, 0.2) is 0 Å². The van der Waals surface area contributed by atoms with Gasteiger partial charge in [-0.25, -0.2) is 4.79 Å². The lowest BCUT2D eigenvalue weighted by Gasteiger charge is -2.37. The summed E-state index contributed by atoms with van der Waals surface area (Å²) in [6, 6.07) is 10.2.